The van der Waals surface area contributed by atoms with E-state index in [1.54, 1.807) is 6.92 Å². The molecule has 1 fully saturated rings. The normalized spacial score (nSPS) is 34.1. The molecule has 0 radical (unpaired) electrons. The Labute approximate surface area is 89.7 Å². The van der Waals surface area contributed by atoms with Crippen molar-refractivity contribution in [1.29, 1.82) is 0 Å². The molecule has 0 saturated heterocycles. The van der Waals surface area contributed by atoms with Crippen molar-refractivity contribution in [2.75, 3.05) is 0 Å². The molecule has 16 heavy (non-hydrogen) atoms. The summed E-state index contributed by atoms with van der Waals surface area (Å²) >= 11 is 0. The Morgan fingerprint density at radius 1 is 1.62 bits per heavy atom. The molecule has 0 aliphatic heterocycles. The predicted octanol–water partition coefficient (Wildman–Crippen LogP) is 1.48. The summed E-state index contributed by atoms with van der Waals surface area (Å²) in [5.74, 6) is -4.57. The number of carboxylic acids is 1. The molecular formula is C10H10F2N2O2. The molecule has 1 heterocycles. The summed E-state index contributed by atoms with van der Waals surface area (Å²) in [5, 5.41) is 15.1. The molecule has 3 rings (SSSR count). The molecule has 2 aliphatic rings. The highest BCUT2D eigenvalue weighted by Gasteiger charge is 2.78. The SMILES string of the molecule is C[C@]12Cc3[nH]nc(C(=O)O)c3C[C@H]1C2(F)F. The Bertz CT molecular complexity index is 497. The van der Waals surface area contributed by atoms with Gasteiger partial charge in [-0.3, -0.25) is 5.10 Å². The number of carbonyl (C=O) groups is 1. The molecular weight excluding hydrogens is 218 g/mol. The second kappa shape index (κ2) is 2.44. The van der Waals surface area contributed by atoms with Gasteiger partial charge in [0.25, 0.3) is 5.92 Å². The highest BCUT2D eigenvalue weighted by atomic mass is 19.3. The maximum absolute atomic E-state index is 13.5. The first-order valence-electron chi connectivity index (χ1n) is 5.05. The number of H-pyrrole nitrogens is 1. The van der Waals surface area contributed by atoms with Gasteiger partial charge in [-0.2, -0.15) is 5.10 Å². The molecule has 1 aromatic rings. The van der Waals surface area contributed by atoms with E-state index in [1.807, 2.05) is 0 Å². The smallest absolute Gasteiger partial charge is 0.356 e. The highest BCUT2D eigenvalue weighted by Crippen LogP contribution is 2.70. The van der Waals surface area contributed by atoms with E-state index in [0.29, 0.717) is 11.3 Å². The summed E-state index contributed by atoms with van der Waals surface area (Å²) in [6, 6.07) is 0. The van der Waals surface area contributed by atoms with Crippen LogP contribution in [0.15, 0.2) is 0 Å². The van der Waals surface area contributed by atoms with Gasteiger partial charge in [-0.15, -0.1) is 0 Å². The van der Waals surface area contributed by atoms with Crippen LogP contribution in [0.1, 0.15) is 28.7 Å². The molecule has 0 amide bonds. The van der Waals surface area contributed by atoms with E-state index in [-0.39, 0.29) is 18.5 Å². The largest absolute Gasteiger partial charge is 0.476 e. The van der Waals surface area contributed by atoms with Crippen molar-refractivity contribution in [2.45, 2.75) is 25.7 Å². The van der Waals surface area contributed by atoms with Gasteiger partial charge in [0.1, 0.15) is 0 Å². The number of aromatic amines is 1. The highest BCUT2D eigenvalue weighted by molar-refractivity contribution is 5.87. The number of hydrogen-bond donors (Lipinski definition) is 2. The quantitative estimate of drug-likeness (QED) is 0.765. The molecule has 0 unspecified atom stereocenters. The fourth-order valence-corrected chi connectivity index (χ4v) is 2.78. The van der Waals surface area contributed by atoms with Crippen molar-refractivity contribution in [3.63, 3.8) is 0 Å². The third-order valence-corrected chi connectivity index (χ3v) is 3.99. The summed E-state index contributed by atoms with van der Waals surface area (Å²) in [5.41, 5.74) is -0.123. The summed E-state index contributed by atoms with van der Waals surface area (Å²) in [4.78, 5) is 10.8. The number of alkyl halides is 2. The number of nitrogens with one attached hydrogen (secondary N) is 1. The summed E-state index contributed by atoms with van der Waals surface area (Å²) < 4.78 is 27.0. The zero-order valence-corrected chi connectivity index (χ0v) is 8.55. The Morgan fingerprint density at radius 2 is 2.31 bits per heavy atom. The minimum Gasteiger partial charge on any atom is -0.476 e. The minimum atomic E-state index is -2.68. The molecule has 0 aromatic carbocycles. The van der Waals surface area contributed by atoms with E-state index in [9.17, 15) is 13.6 Å². The lowest BCUT2D eigenvalue weighted by atomic mass is 9.88. The molecule has 2 aliphatic carbocycles. The zero-order chi connectivity index (χ0) is 11.7. The Kier molecular flexibility index (Phi) is 1.49. The van der Waals surface area contributed by atoms with Crippen molar-refractivity contribution in [2.24, 2.45) is 11.3 Å². The van der Waals surface area contributed by atoms with Crippen LogP contribution in [-0.2, 0) is 12.8 Å². The maximum atomic E-state index is 13.5. The predicted molar refractivity (Wildman–Crippen MR) is 49.5 cm³/mol. The van der Waals surface area contributed by atoms with Gasteiger partial charge in [0.15, 0.2) is 5.69 Å². The topological polar surface area (TPSA) is 66.0 Å². The molecule has 6 heteroatoms. The fourth-order valence-electron chi connectivity index (χ4n) is 2.78. The Hall–Kier alpha value is -1.46. The van der Waals surface area contributed by atoms with Crippen LogP contribution in [0, 0.1) is 11.3 Å². The number of hydrogen-bond acceptors (Lipinski definition) is 2. The average Bonchev–Trinajstić information content (AvgIpc) is 2.55. The van der Waals surface area contributed by atoms with E-state index in [2.05, 4.69) is 10.2 Å². The van der Waals surface area contributed by atoms with Crippen molar-refractivity contribution < 1.29 is 18.7 Å². The number of rotatable bonds is 1. The lowest BCUT2D eigenvalue weighted by Crippen LogP contribution is -2.15. The van der Waals surface area contributed by atoms with Crippen molar-refractivity contribution in [3.8, 4) is 0 Å². The Morgan fingerprint density at radius 3 is 2.94 bits per heavy atom. The molecule has 1 aromatic heterocycles. The number of halogens is 2. The number of aromatic nitrogens is 2. The van der Waals surface area contributed by atoms with Crippen molar-refractivity contribution in [3.05, 3.63) is 17.0 Å². The van der Waals surface area contributed by atoms with E-state index in [1.165, 1.54) is 0 Å². The molecule has 2 atom stereocenters. The molecule has 0 spiro atoms. The minimum absolute atomic E-state index is 0.108. The second-order valence-electron chi connectivity index (χ2n) is 4.81. The molecule has 1 saturated carbocycles. The standard InChI is InChI=1S/C10H10F2N2O2/c1-9-3-5-4(2-6(9)10(9,11)12)7(8(15)16)14-13-5/h6H,2-3H2,1H3,(H,13,14)(H,15,16)/t6-,9+/m1/s1. The van der Waals surface area contributed by atoms with Gasteiger partial charge < -0.3 is 5.11 Å². The van der Waals surface area contributed by atoms with E-state index in [0.717, 1.165) is 0 Å². The maximum Gasteiger partial charge on any atom is 0.356 e. The van der Waals surface area contributed by atoms with Crippen molar-refractivity contribution >= 4 is 5.97 Å². The second-order valence-corrected chi connectivity index (χ2v) is 4.81. The lowest BCUT2D eigenvalue weighted by Gasteiger charge is -2.14. The number of carboxylic acid groups (broad SMARTS) is 1. The van der Waals surface area contributed by atoms with E-state index < -0.39 is 23.2 Å². The number of aromatic carboxylic acids is 1. The zero-order valence-electron chi connectivity index (χ0n) is 8.55. The Balaban J connectivity index is 2.04. The molecule has 4 nitrogen and oxygen atoms in total. The molecule has 0 bridgehead atoms. The fraction of sp³-hybridized carbons (Fsp3) is 0.600. The average molecular weight is 228 g/mol. The first kappa shape index (κ1) is 9.74. The van der Waals surface area contributed by atoms with Crippen molar-refractivity contribution in [1.82, 2.24) is 10.2 Å². The summed E-state index contributed by atoms with van der Waals surface area (Å²) in [7, 11) is 0. The van der Waals surface area contributed by atoms with Crippen LogP contribution in [0.4, 0.5) is 8.78 Å². The van der Waals surface area contributed by atoms with Crippen LogP contribution in [0.3, 0.4) is 0 Å². The monoisotopic (exact) mass is 228 g/mol. The molecule has 86 valence electrons. The lowest BCUT2D eigenvalue weighted by molar-refractivity contribution is 0.0627. The van der Waals surface area contributed by atoms with Gasteiger partial charge in [0.05, 0.1) is 0 Å². The van der Waals surface area contributed by atoms with Gasteiger partial charge >= 0.3 is 5.97 Å². The third kappa shape index (κ3) is 0.881. The third-order valence-electron chi connectivity index (χ3n) is 3.99. The first-order valence-corrected chi connectivity index (χ1v) is 5.05. The van der Waals surface area contributed by atoms with Gasteiger partial charge in [-0.05, 0) is 6.42 Å². The van der Waals surface area contributed by atoms with Crippen LogP contribution >= 0.6 is 0 Å². The van der Waals surface area contributed by atoms with Crippen LogP contribution in [-0.4, -0.2) is 27.2 Å². The summed E-state index contributed by atoms with van der Waals surface area (Å²) in [6.07, 6.45) is 0.289. The van der Waals surface area contributed by atoms with Gasteiger partial charge in [-0.1, -0.05) is 6.92 Å². The number of fused-ring (bicyclic) bond motifs is 2. The van der Waals surface area contributed by atoms with Gasteiger partial charge in [-0.25, -0.2) is 13.6 Å². The number of nitrogens with zero attached hydrogens (tertiary/aromatic N) is 1. The molecule has 2 N–H and O–H groups in total. The van der Waals surface area contributed by atoms with E-state index >= 15 is 0 Å². The van der Waals surface area contributed by atoms with Gasteiger partial charge in [0, 0.05) is 29.0 Å². The van der Waals surface area contributed by atoms with E-state index in [4.69, 9.17) is 5.11 Å². The van der Waals surface area contributed by atoms with Crippen LogP contribution in [0.25, 0.3) is 0 Å². The summed E-state index contributed by atoms with van der Waals surface area (Å²) in [6.45, 7) is 1.54. The van der Waals surface area contributed by atoms with Crippen LogP contribution in [0.2, 0.25) is 0 Å². The van der Waals surface area contributed by atoms with Crippen LogP contribution in [0.5, 0.6) is 0 Å². The van der Waals surface area contributed by atoms with Crippen LogP contribution < -0.4 is 0 Å². The first-order chi connectivity index (χ1) is 7.38. The van der Waals surface area contributed by atoms with Gasteiger partial charge in [0.2, 0.25) is 0 Å².